The molecule has 1 aromatic carbocycles. The van der Waals surface area contributed by atoms with Crippen molar-refractivity contribution in [2.75, 3.05) is 13.1 Å². The van der Waals surface area contributed by atoms with Crippen molar-refractivity contribution in [2.45, 2.75) is 46.1 Å². The van der Waals surface area contributed by atoms with Gasteiger partial charge in [0.15, 0.2) is 0 Å². The van der Waals surface area contributed by atoms with Crippen LogP contribution in [0.4, 0.5) is 0 Å². The number of aryl methyl sites for hydroxylation is 1. The third-order valence-corrected chi connectivity index (χ3v) is 4.68. The Balaban J connectivity index is 1.85. The van der Waals surface area contributed by atoms with E-state index in [0.717, 1.165) is 13.1 Å². The van der Waals surface area contributed by atoms with E-state index in [0.29, 0.717) is 18.3 Å². The van der Waals surface area contributed by atoms with Crippen molar-refractivity contribution in [1.82, 2.24) is 10.6 Å². The fourth-order valence-corrected chi connectivity index (χ4v) is 3.27. The Morgan fingerprint density at radius 1 is 1.38 bits per heavy atom. The Bertz CT molecular complexity index is 466. The standard InChI is InChI=1S/C18H28N2O/c1-13-7-4-5-9-17(13)15(3)20-18(21)11-14(2)16-8-6-10-19-12-16/h4-5,7,9,14-16,19H,6,8,10-12H2,1-3H3,(H,20,21). The Morgan fingerprint density at radius 2 is 2.14 bits per heavy atom. The fourth-order valence-electron chi connectivity index (χ4n) is 3.27. The van der Waals surface area contributed by atoms with Gasteiger partial charge in [-0.25, -0.2) is 0 Å². The van der Waals surface area contributed by atoms with Crippen LogP contribution in [0.5, 0.6) is 0 Å². The summed E-state index contributed by atoms with van der Waals surface area (Å²) in [5.41, 5.74) is 2.44. The molecule has 2 N–H and O–H groups in total. The van der Waals surface area contributed by atoms with Crippen LogP contribution < -0.4 is 10.6 Å². The van der Waals surface area contributed by atoms with Crippen LogP contribution in [-0.4, -0.2) is 19.0 Å². The summed E-state index contributed by atoms with van der Waals surface area (Å²) in [4.78, 5) is 12.3. The molecule has 0 spiro atoms. The molecule has 1 aliphatic rings. The van der Waals surface area contributed by atoms with E-state index in [9.17, 15) is 4.79 Å². The summed E-state index contributed by atoms with van der Waals surface area (Å²) in [6.07, 6.45) is 3.10. The van der Waals surface area contributed by atoms with Gasteiger partial charge in [-0.15, -0.1) is 0 Å². The zero-order valence-corrected chi connectivity index (χ0v) is 13.5. The van der Waals surface area contributed by atoms with Crippen LogP contribution >= 0.6 is 0 Å². The first kappa shape index (κ1) is 16.0. The molecule has 1 heterocycles. The molecule has 1 fully saturated rings. The van der Waals surface area contributed by atoms with Crippen LogP contribution in [0.2, 0.25) is 0 Å². The zero-order chi connectivity index (χ0) is 15.2. The van der Waals surface area contributed by atoms with Gasteiger partial charge < -0.3 is 10.6 Å². The molecule has 1 aromatic rings. The molecular formula is C18H28N2O. The van der Waals surface area contributed by atoms with Crippen molar-refractivity contribution >= 4 is 5.91 Å². The van der Waals surface area contributed by atoms with E-state index in [1.807, 2.05) is 12.1 Å². The first-order valence-corrected chi connectivity index (χ1v) is 8.13. The molecule has 0 aromatic heterocycles. The number of carbonyl (C=O) groups is 1. The average Bonchev–Trinajstić information content (AvgIpc) is 2.48. The van der Waals surface area contributed by atoms with E-state index >= 15 is 0 Å². The number of benzene rings is 1. The minimum Gasteiger partial charge on any atom is -0.350 e. The fraction of sp³-hybridized carbons (Fsp3) is 0.611. The van der Waals surface area contributed by atoms with E-state index in [1.165, 1.54) is 24.0 Å². The summed E-state index contributed by atoms with van der Waals surface area (Å²) in [5.74, 6) is 1.25. The summed E-state index contributed by atoms with van der Waals surface area (Å²) in [5, 5.41) is 6.58. The molecule has 0 bridgehead atoms. The number of nitrogens with one attached hydrogen (secondary N) is 2. The van der Waals surface area contributed by atoms with Gasteiger partial charge in [0, 0.05) is 6.42 Å². The number of carbonyl (C=O) groups excluding carboxylic acids is 1. The summed E-state index contributed by atoms with van der Waals surface area (Å²) in [6.45, 7) is 8.54. The van der Waals surface area contributed by atoms with Gasteiger partial charge in [0.2, 0.25) is 5.91 Å². The third-order valence-electron chi connectivity index (χ3n) is 4.68. The lowest BCUT2D eigenvalue weighted by atomic mass is 9.85. The molecule has 1 aliphatic heterocycles. The van der Waals surface area contributed by atoms with Crippen LogP contribution in [0.25, 0.3) is 0 Å². The van der Waals surface area contributed by atoms with Gasteiger partial charge in [-0.1, -0.05) is 31.2 Å². The van der Waals surface area contributed by atoms with Crippen LogP contribution in [0.1, 0.15) is 50.3 Å². The molecule has 0 radical (unpaired) electrons. The molecule has 1 amide bonds. The van der Waals surface area contributed by atoms with Gasteiger partial charge in [-0.05, 0) is 62.7 Å². The second-order valence-corrected chi connectivity index (χ2v) is 6.43. The first-order valence-electron chi connectivity index (χ1n) is 8.13. The molecule has 3 heteroatoms. The van der Waals surface area contributed by atoms with Crippen LogP contribution in [0, 0.1) is 18.8 Å². The first-order chi connectivity index (χ1) is 10.1. The predicted molar refractivity (Wildman–Crippen MR) is 87.1 cm³/mol. The van der Waals surface area contributed by atoms with E-state index in [-0.39, 0.29) is 11.9 Å². The molecule has 21 heavy (non-hydrogen) atoms. The highest BCUT2D eigenvalue weighted by Gasteiger charge is 2.22. The largest absolute Gasteiger partial charge is 0.350 e. The van der Waals surface area contributed by atoms with Crippen LogP contribution in [0.15, 0.2) is 24.3 Å². The quantitative estimate of drug-likeness (QED) is 0.873. The molecule has 3 atom stereocenters. The number of piperidine rings is 1. The average molecular weight is 288 g/mol. The lowest BCUT2D eigenvalue weighted by Gasteiger charge is -2.28. The van der Waals surface area contributed by atoms with Gasteiger partial charge in [0.1, 0.15) is 0 Å². The summed E-state index contributed by atoms with van der Waals surface area (Å²) < 4.78 is 0. The highest BCUT2D eigenvalue weighted by Crippen LogP contribution is 2.23. The summed E-state index contributed by atoms with van der Waals surface area (Å²) in [7, 11) is 0. The molecule has 2 rings (SSSR count). The van der Waals surface area contributed by atoms with Crippen LogP contribution in [-0.2, 0) is 4.79 Å². The molecular weight excluding hydrogens is 260 g/mol. The van der Waals surface area contributed by atoms with Crippen LogP contribution in [0.3, 0.4) is 0 Å². The number of rotatable bonds is 5. The van der Waals surface area contributed by atoms with Gasteiger partial charge >= 0.3 is 0 Å². The van der Waals surface area contributed by atoms with E-state index < -0.39 is 0 Å². The molecule has 3 unspecified atom stereocenters. The van der Waals surface area contributed by atoms with E-state index in [2.05, 4.69) is 43.5 Å². The second-order valence-electron chi connectivity index (χ2n) is 6.43. The topological polar surface area (TPSA) is 41.1 Å². The number of hydrogen-bond donors (Lipinski definition) is 2. The number of hydrogen-bond acceptors (Lipinski definition) is 2. The second kappa shape index (κ2) is 7.60. The zero-order valence-electron chi connectivity index (χ0n) is 13.5. The minimum atomic E-state index is 0.0791. The van der Waals surface area contributed by atoms with Gasteiger partial charge in [0.05, 0.1) is 6.04 Å². The van der Waals surface area contributed by atoms with E-state index in [1.54, 1.807) is 0 Å². The molecule has 0 aliphatic carbocycles. The van der Waals surface area contributed by atoms with Gasteiger partial charge in [0.25, 0.3) is 0 Å². The predicted octanol–water partition coefficient (Wildman–Crippen LogP) is 3.20. The molecule has 0 saturated carbocycles. The van der Waals surface area contributed by atoms with Gasteiger partial charge in [-0.3, -0.25) is 4.79 Å². The van der Waals surface area contributed by atoms with Crippen molar-refractivity contribution in [3.05, 3.63) is 35.4 Å². The van der Waals surface area contributed by atoms with Crippen molar-refractivity contribution < 1.29 is 4.79 Å². The maximum Gasteiger partial charge on any atom is 0.220 e. The Kier molecular flexibility index (Phi) is 5.80. The SMILES string of the molecule is Cc1ccccc1C(C)NC(=O)CC(C)C1CCCNC1. The van der Waals surface area contributed by atoms with Gasteiger partial charge in [-0.2, -0.15) is 0 Å². The molecule has 3 nitrogen and oxygen atoms in total. The lowest BCUT2D eigenvalue weighted by Crippen LogP contribution is -2.36. The Labute approximate surface area is 128 Å². The van der Waals surface area contributed by atoms with E-state index in [4.69, 9.17) is 0 Å². The third kappa shape index (κ3) is 4.57. The van der Waals surface area contributed by atoms with Crippen molar-refractivity contribution in [1.29, 1.82) is 0 Å². The maximum atomic E-state index is 12.3. The monoisotopic (exact) mass is 288 g/mol. The smallest absolute Gasteiger partial charge is 0.220 e. The highest BCUT2D eigenvalue weighted by atomic mass is 16.1. The Hall–Kier alpha value is -1.35. The van der Waals surface area contributed by atoms with Crippen molar-refractivity contribution in [3.8, 4) is 0 Å². The summed E-state index contributed by atoms with van der Waals surface area (Å²) >= 11 is 0. The highest BCUT2D eigenvalue weighted by molar-refractivity contribution is 5.76. The normalized spacial score (nSPS) is 21.6. The van der Waals surface area contributed by atoms with Crippen molar-refractivity contribution in [3.63, 3.8) is 0 Å². The molecule has 1 saturated heterocycles. The molecule has 116 valence electrons. The summed E-state index contributed by atoms with van der Waals surface area (Å²) in [6, 6.07) is 8.33. The maximum absolute atomic E-state index is 12.3. The lowest BCUT2D eigenvalue weighted by molar-refractivity contribution is -0.123. The Morgan fingerprint density at radius 3 is 2.81 bits per heavy atom. The minimum absolute atomic E-state index is 0.0791. The number of amides is 1. The van der Waals surface area contributed by atoms with Crippen molar-refractivity contribution in [2.24, 2.45) is 11.8 Å².